The molecule has 0 aliphatic heterocycles. The summed E-state index contributed by atoms with van der Waals surface area (Å²) in [5.41, 5.74) is 0.510. The van der Waals surface area contributed by atoms with Gasteiger partial charge in [0.05, 0.1) is 5.56 Å². The third kappa shape index (κ3) is 3.99. The van der Waals surface area contributed by atoms with Gasteiger partial charge in [0, 0.05) is 3.57 Å². The monoisotopic (exact) mass is 347 g/mol. The van der Waals surface area contributed by atoms with Gasteiger partial charge in [-0.25, -0.2) is 4.79 Å². The second-order valence-electron chi connectivity index (χ2n) is 3.63. The molecule has 0 unspecified atom stereocenters. The average molecular weight is 347 g/mol. The first-order valence-corrected chi connectivity index (χ1v) is 6.42. The third-order valence-electron chi connectivity index (χ3n) is 2.30. The van der Waals surface area contributed by atoms with E-state index < -0.39 is 12.0 Å². The van der Waals surface area contributed by atoms with Crippen molar-refractivity contribution in [2.45, 2.75) is 25.8 Å². The fraction of sp³-hybridized carbons (Fsp3) is 0.333. The molecule has 1 rings (SSSR count). The summed E-state index contributed by atoms with van der Waals surface area (Å²) in [6, 6.07) is 6.27. The average Bonchev–Trinajstić information content (AvgIpc) is 2.28. The molecule has 1 aromatic rings. The number of hydrogen-bond acceptors (Lipinski definition) is 2. The van der Waals surface area contributed by atoms with Crippen LogP contribution in [0, 0.1) is 3.57 Å². The van der Waals surface area contributed by atoms with Crippen LogP contribution in [0.15, 0.2) is 24.3 Å². The minimum Gasteiger partial charge on any atom is -0.480 e. The number of carbonyl (C=O) groups excluding carboxylic acids is 1. The molecule has 0 bridgehead atoms. The number of rotatable bonds is 5. The van der Waals surface area contributed by atoms with E-state index in [1.807, 2.05) is 19.1 Å². The first-order valence-electron chi connectivity index (χ1n) is 5.34. The maximum atomic E-state index is 11.9. The highest BCUT2D eigenvalue weighted by atomic mass is 127. The lowest BCUT2D eigenvalue weighted by Crippen LogP contribution is -2.40. The molecule has 1 atom stereocenters. The predicted octanol–water partition coefficient (Wildman–Crippen LogP) is 2.27. The van der Waals surface area contributed by atoms with E-state index in [0.717, 1.165) is 3.57 Å². The van der Waals surface area contributed by atoms with Crippen molar-refractivity contribution >= 4 is 34.5 Å². The van der Waals surface area contributed by atoms with Crippen LogP contribution in [0.5, 0.6) is 0 Å². The Labute approximate surface area is 114 Å². The topological polar surface area (TPSA) is 66.4 Å². The highest BCUT2D eigenvalue weighted by Gasteiger charge is 2.20. The Morgan fingerprint density at radius 1 is 1.41 bits per heavy atom. The lowest BCUT2D eigenvalue weighted by atomic mass is 10.1. The van der Waals surface area contributed by atoms with Crippen LogP contribution in [0.3, 0.4) is 0 Å². The molecule has 0 saturated heterocycles. The number of carbonyl (C=O) groups is 2. The fourth-order valence-corrected chi connectivity index (χ4v) is 2.06. The molecular weight excluding hydrogens is 333 g/mol. The van der Waals surface area contributed by atoms with E-state index in [9.17, 15) is 9.59 Å². The first-order chi connectivity index (χ1) is 8.06. The number of carboxylic acids is 1. The van der Waals surface area contributed by atoms with Crippen molar-refractivity contribution in [1.29, 1.82) is 0 Å². The highest BCUT2D eigenvalue weighted by Crippen LogP contribution is 2.11. The van der Waals surface area contributed by atoms with E-state index in [0.29, 0.717) is 18.4 Å². The molecular formula is C12H14INO3. The molecule has 4 nitrogen and oxygen atoms in total. The molecule has 5 heteroatoms. The Kier molecular flexibility index (Phi) is 5.40. The van der Waals surface area contributed by atoms with Crippen molar-refractivity contribution in [2.24, 2.45) is 0 Å². The second-order valence-corrected chi connectivity index (χ2v) is 4.79. The van der Waals surface area contributed by atoms with E-state index in [2.05, 4.69) is 27.9 Å². The summed E-state index contributed by atoms with van der Waals surface area (Å²) in [5.74, 6) is -1.33. The van der Waals surface area contributed by atoms with Gasteiger partial charge in [0.2, 0.25) is 0 Å². The van der Waals surface area contributed by atoms with Crippen LogP contribution in [-0.4, -0.2) is 23.0 Å². The number of benzene rings is 1. The summed E-state index contributed by atoms with van der Waals surface area (Å²) < 4.78 is 0.809. The molecule has 92 valence electrons. The van der Waals surface area contributed by atoms with Gasteiger partial charge in [-0.1, -0.05) is 25.5 Å². The number of hydrogen-bond donors (Lipinski definition) is 2. The molecule has 17 heavy (non-hydrogen) atoms. The Hall–Kier alpha value is -1.11. The SMILES string of the molecule is CCC[C@@H](NC(=O)c1ccccc1I)C(=O)O. The maximum absolute atomic E-state index is 11.9. The van der Waals surface area contributed by atoms with Gasteiger partial charge in [0.25, 0.3) is 5.91 Å². The molecule has 2 N–H and O–H groups in total. The van der Waals surface area contributed by atoms with Crippen molar-refractivity contribution in [3.63, 3.8) is 0 Å². The van der Waals surface area contributed by atoms with Crippen LogP contribution < -0.4 is 5.32 Å². The first kappa shape index (κ1) is 14.0. The minimum atomic E-state index is -0.994. The smallest absolute Gasteiger partial charge is 0.326 e. The van der Waals surface area contributed by atoms with Gasteiger partial charge < -0.3 is 10.4 Å². The molecule has 1 amide bonds. The predicted molar refractivity (Wildman–Crippen MR) is 73.0 cm³/mol. The van der Waals surface area contributed by atoms with Gasteiger partial charge in [0.15, 0.2) is 0 Å². The summed E-state index contributed by atoms with van der Waals surface area (Å²) in [6.45, 7) is 1.88. The van der Waals surface area contributed by atoms with Crippen LogP contribution >= 0.6 is 22.6 Å². The Bertz CT molecular complexity index is 420. The normalized spacial score (nSPS) is 11.9. The molecule has 0 aliphatic carbocycles. The summed E-state index contributed by atoms with van der Waals surface area (Å²) >= 11 is 2.05. The molecule has 0 aliphatic rings. The zero-order valence-electron chi connectivity index (χ0n) is 9.44. The Morgan fingerprint density at radius 3 is 2.59 bits per heavy atom. The van der Waals surface area contributed by atoms with Crippen molar-refractivity contribution in [3.8, 4) is 0 Å². The third-order valence-corrected chi connectivity index (χ3v) is 3.24. The number of nitrogens with one attached hydrogen (secondary N) is 1. The van der Waals surface area contributed by atoms with Crippen LogP contribution in [-0.2, 0) is 4.79 Å². The number of amides is 1. The lowest BCUT2D eigenvalue weighted by molar-refractivity contribution is -0.139. The fourth-order valence-electron chi connectivity index (χ4n) is 1.43. The minimum absolute atomic E-state index is 0.337. The maximum Gasteiger partial charge on any atom is 0.326 e. The van der Waals surface area contributed by atoms with E-state index in [4.69, 9.17) is 5.11 Å². The van der Waals surface area contributed by atoms with E-state index in [1.165, 1.54) is 0 Å². The number of carboxylic acid groups (broad SMARTS) is 1. The quantitative estimate of drug-likeness (QED) is 0.803. The van der Waals surface area contributed by atoms with E-state index in [1.54, 1.807) is 12.1 Å². The summed E-state index contributed by atoms with van der Waals surface area (Å²) in [4.78, 5) is 22.8. The molecule has 0 spiro atoms. The van der Waals surface area contributed by atoms with Crippen molar-refractivity contribution in [1.82, 2.24) is 5.32 Å². The van der Waals surface area contributed by atoms with Gasteiger partial charge in [0.1, 0.15) is 6.04 Å². The molecule has 0 aromatic heterocycles. The van der Waals surface area contributed by atoms with Gasteiger partial charge in [-0.15, -0.1) is 0 Å². The van der Waals surface area contributed by atoms with Crippen LogP contribution in [0.2, 0.25) is 0 Å². The van der Waals surface area contributed by atoms with Crippen molar-refractivity contribution < 1.29 is 14.7 Å². The van der Waals surface area contributed by atoms with Crippen LogP contribution in [0.1, 0.15) is 30.1 Å². The van der Waals surface area contributed by atoms with Gasteiger partial charge >= 0.3 is 5.97 Å². The van der Waals surface area contributed by atoms with Crippen LogP contribution in [0.4, 0.5) is 0 Å². The van der Waals surface area contributed by atoms with Gasteiger partial charge in [-0.2, -0.15) is 0 Å². The van der Waals surface area contributed by atoms with E-state index >= 15 is 0 Å². The molecule has 0 saturated carbocycles. The van der Waals surface area contributed by atoms with Crippen LogP contribution in [0.25, 0.3) is 0 Å². The molecule has 0 heterocycles. The summed E-state index contributed by atoms with van der Waals surface area (Å²) in [6.07, 6.45) is 1.15. The Balaban J connectivity index is 2.77. The zero-order valence-corrected chi connectivity index (χ0v) is 11.6. The Morgan fingerprint density at radius 2 is 2.06 bits per heavy atom. The molecule has 1 aromatic carbocycles. The number of aliphatic carboxylic acids is 1. The molecule has 0 fully saturated rings. The summed E-state index contributed by atoms with van der Waals surface area (Å²) in [7, 11) is 0. The van der Waals surface area contributed by atoms with Gasteiger partial charge in [-0.05, 0) is 41.1 Å². The van der Waals surface area contributed by atoms with Crippen molar-refractivity contribution in [2.75, 3.05) is 0 Å². The van der Waals surface area contributed by atoms with Gasteiger partial charge in [-0.3, -0.25) is 4.79 Å². The van der Waals surface area contributed by atoms with Crippen molar-refractivity contribution in [3.05, 3.63) is 33.4 Å². The zero-order chi connectivity index (χ0) is 12.8. The number of halogens is 1. The van der Waals surface area contributed by atoms with E-state index in [-0.39, 0.29) is 5.91 Å². The highest BCUT2D eigenvalue weighted by molar-refractivity contribution is 14.1. The largest absolute Gasteiger partial charge is 0.480 e. The molecule has 0 radical (unpaired) electrons. The standard InChI is InChI=1S/C12H14INO3/c1-2-5-10(12(16)17)14-11(15)8-6-3-4-7-9(8)13/h3-4,6-7,10H,2,5H2,1H3,(H,14,15)(H,16,17)/t10-/m1/s1. The lowest BCUT2D eigenvalue weighted by Gasteiger charge is -2.14. The second kappa shape index (κ2) is 6.58. The summed E-state index contributed by atoms with van der Waals surface area (Å²) in [5, 5.41) is 11.5.